The predicted molar refractivity (Wildman–Crippen MR) is 74.0 cm³/mol. The van der Waals surface area contributed by atoms with Crippen molar-refractivity contribution in [3.8, 4) is 0 Å². The van der Waals surface area contributed by atoms with Gasteiger partial charge in [-0.25, -0.2) is 0 Å². The highest BCUT2D eigenvalue weighted by Gasteiger charge is 2.35. The Morgan fingerprint density at radius 2 is 1.68 bits per heavy atom. The van der Waals surface area contributed by atoms with Crippen molar-refractivity contribution < 1.29 is 9.59 Å². The fourth-order valence-corrected chi connectivity index (χ4v) is 3.23. The van der Waals surface area contributed by atoms with Gasteiger partial charge in [-0.2, -0.15) is 0 Å². The minimum atomic E-state index is -0.547. The molecule has 1 aromatic heterocycles. The average molecular weight is 277 g/mol. The van der Waals surface area contributed by atoms with Gasteiger partial charge in [0.1, 0.15) is 0 Å². The van der Waals surface area contributed by atoms with Crippen LogP contribution in [0.4, 0.5) is 0 Å². The fraction of sp³-hybridized carbons (Fsp3) is 0.231. The number of primary amides is 2. The van der Waals surface area contributed by atoms with Gasteiger partial charge in [-0.3, -0.25) is 9.59 Å². The van der Waals surface area contributed by atoms with Gasteiger partial charge in [-0.05, 0) is 25.3 Å². The van der Waals surface area contributed by atoms with E-state index in [4.69, 9.17) is 11.5 Å². The Kier molecular flexibility index (Phi) is 3.44. The second kappa shape index (κ2) is 4.89. The molecule has 0 atom stereocenters. The molecule has 0 spiro atoms. The lowest BCUT2D eigenvalue weighted by molar-refractivity contribution is -0.115. The maximum absolute atomic E-state index is 11.7. The van der Waals surface area contributed by atoms with Crippen LogP contribution in [0.15, 0.2) is 40.1 Å². The molecule has 5 nitrogen and oxygen atoms in total. The number of rotatable bonds is 3. The molecule has 0 saturated carbocycles. The van der Waals surface area contributed by atoms with Crippen LogP contribution in [0, 0.1) is 0 Å². The smallest absolute Gasteiger partial charge is 0.247 e. The number of allylic oxidation sites excluding steroid dienone is 2. The Morgan fingerprint density at radius 1 is 1.16 bits per heavy atom. The van der Waals surface area contributed by atoms with Crippen molar-refractivity contribution in [2.75, 3.05) is 0 Å². The lowest BCUT2D eigenvalue weighted by Gasteiger charge is -2.28. The van der Waals surface area contributed by atoms with Crippen LogP contribution in [0.5, 0.6) is 0 Å². The van der Waals surface area contributed by atoms with Crippen molar-refractivity contribution in [3.63, 3.8) is 0 Å². The van der Waals surface area contributed by atoms with Gasteiger partial charge < -0.3 is 16.8 Å². The summed E-state index contributed by atoms with van der Waals surface area (Å²) in [6, 6.07) is 3.73. The summed E-state index contributed by atoms with van der Waals surface area (Å²) in [4.78, 5) is 24.3. The largest absolute Gasteiger partial charge is 0.366 e. The third-order valence-corrected chi connectivity index (χ3v) is 4.06. The second-order valence-electron chi connectivity index (χ2n) is 4.38. The monoisotopic (exact) mass is 277 g/mol. The van der Waals surface area contributed by atoms with Crippen LogP contribution in [0.25, 0.3) is 0 Å². The summed E-state index contributed by atoms with van der Waals surface area (Å²) in [5, 5.41) is 4.88. The van der Waals surface area contributed by atoms with Gasteiger partial charge in [0, 0.05) is 27.4 Å². The Hall–Kier alpha value is -2.08. The Balaban J connectivity index is 2.65. The molecular weight excluding hydrogens is 262 g/mol. The molecule has 2 heterocycles. The molecular formula is C13H15N3O2S. The number of hydrogen-bond donors (Lipinski definition) is 3. The number of nitrogens with one attached hydrogen (secondary N) is 1. The Morgan fingerprint density at radius 3 is 2.05 bits per heavy atom. The fourth-order valence-electron chi connectivity index (χ4n) is 2.39. The molecule has 0 unspecified atom stereocenters. The van der Waals surface area contributed by atoms with Crippen molar-refractivity contribution >= 4 is 23.2 Å². The first-order valence-corrected chi connectivity index (χ1v) is 6.63. The SMILES string of the molecule is CC1=C(C(N)=O)C(c2cccs2)C(C(N)=O)=C(C)N1. The van der Waals surface area contributed by atoms with Crippen molar-refractivity contribution in [2.24, 2.45) is 11.5 Å². The van der Waals surface area contributed by atoms with Gasteiger partial charge in [0.2, 0.25) is 11.8 Å². The average Bonchev–Trinajstić information content (AvgIpc) is 2.79. The van der Waals surface area contributed by atoms with Crippen molar-refractivity contribution in [1.29, 1.82) is 0 Å². The zero-order valence-electron chi connectivity index (χ0n) is 10.7. The highest BCUT2D eigenvalue weighted by atomic mass is 32.1. The minimum absolute atomic E-state index is 0.391. The molecule has 0 radical (unpaired) electrons. The maximum atomic E-state index is 11.7. The first-order valence-electron chi connectivity index (χ1n) is 5.75. The molecule has 1 aromatic rings. The molecule has 1 aliphatic rings. The number of amides is 2. The summed E-state index contributed by atoms with van der Waals surface area (Å²) in [5.74, 6) is -1.57. The third-order valence-electron chi connectivity index (χ3n) is 3.12. The topological polar surface area (TPSA) is 98.2 Å². The summed E-state index contributed by atoms with van der Waals surface area (Å²) >= 11 is 1.46. The molecule has 6 heteroatoms. The highest BCUT2D eigenvalue weighted by Crippen LogP contribution is 2.39. The highest BCUT2D eigenvalue weighted by molar-refractivity contribution is 7.10. The number of hydrogen-bond acceptors (Lipinski definition) is 4. The lowest BCUT2D eigenvalue weighted by Crippen LogP contribution is -2.35. The molecule has 2 amide bonds. The van der Waals surface area contributed by atoms with Crippen LogP contribution < -0.4 is 16.8 Å². The zero-order valence-corrected chi connectivity index (χ0v) is 11.5. The molecule has 0 aliphatic carbocycles. The summed E-state index contributed by atoms with van der Waals surface area (Å²) in [6.07, 6.45) is 0. The number of dihydropyridines is 1. The first kappa shape index (κ1) is 13.4. The normalized spacial score (nSPS) is 16.5. The van der Waals surface area contributed by atoms with Crippen LogP contribution in [-0.4, -0.2) is 11.8 Å². The molecule has 0 fully saturated rings. The van der Waals surface area contributed by atoms with Gasteiger partial charge in [0.05, 0.1) is 5.92 Å². The van der Waals surface area contributed by atoms with E-state index >= 15 is 0 Å². The molecule has 0 saturated heterocycles. The van der Waals surface area contributed by atoms with Crippen LogP contribution >= 0.6 is 11.3 Å². The first-order chi connectivity index (χ1) is 8.93. The summed E-state index contributed by atoms with van der Waals surface area (Å²) in [7, 11) is 0. The van der Waals surface area contributed by atoms with Gasteiger partial charge in [0.25, 0.3) is 0 Å². The Bertz CT molecular complexity index is 563. The summed E-state index contributed by atoms with van der Waals surface area (Å²) < 4.78 is 0. The number of thiophene rings is 1. The second-order valence-corrected chi connectivity index (χ2v) is 5.36. The number of carbonyl (C=O) groups excluding carboxylic acids is 2. The molecule has 100 valence electrons. The van der Waals surface area contributed by atoms with E-state index in [2.05, 4.69) is 5.32 Å². The standard InChI is InChI=1S/C13H15N3O2S/c1-6-9(12(14)17)11(8-4-3-5-19-8)10(13(15)18)7(2)16-6/h3-5,11,16H,1-2H3,(H2,14,17)(H2,15,18). The van der Waals surface area contributed by atoms with E-state index in [1.807, 2.05) is 17.5 Å². The molecule has 0 aromatic carbocycles. The van der Waals surface area contributed by atoms with Crippen molar-refractivity contribution in [3.05, 3.63) is 44.9 Å². The van der Waals surface area contributed by atoms with Crippen molar-refractivity contribution in [1.82, 2.24) is 5.32 Å². The van der Waals surface area contributed by atoms with Crippen LogP contribution in [0.3, 0.4) is 0 Å². The van der Waals surface area contributed by atoms with Crippen molar-refractivity contribution in [2.45, 2.75) is 19.8 Å². The molecule has 2 rings (SSSR count). The van der Waals surface area contributed by atoms with Gasteiger partial charge >= 0.3 is 0 Å². The quantitative estimate of drug-likeness (QED) is 0.767. The zero-order chi connectivity index (χ0) is 14.2. The third kappa shape index (κ3) is 2.26. The van der Waals surface area contributed by atoms with E-state index in [1.54, 1.807) is 13.8 Å². The van der Waals surface area contributed by atoms with E-state index in [0.29, 0.717) is 22.5 Å². The summed E-state index contributed by atoms with van der Waals surface area (Å²) in [6.45, 7) is 3.53. The van der Waals surface area contributed by atoms with E-state index in [1.165, 1.54) is 11.3 Å². The molecule has 5 N–H and O–H groups in total. The van der Waals surface area contributed by atoms with Crippen LogP contribution in [-0.2, 0) is 9.59 Å². The van der Waals surface area contributed by atoms with E-state index in [-0.39, 0.29) is 0 Å². The molecule has 0 bridgehead atoms. The molecule has 19 heavy (non-hydrogen) atoms. The Labute approximate surface area is 115 Å². The predicted octanol–water partition coefficient (Wildman–Crippen LogP) is 0.954. The van der Waals surface area contributed by atoms with Gasteiger partial charge in [0.15, 0.2) is 0 Å². The minimum Gasteiger partial charge on any atom is -0.366 e. The molecule has 1 aliphatic heterocycles. The lowest BCUT2D eigenvalue weighted by atomic mass is 9.83. The number of carbonyl (C=O) groups is 2. The summed E-state index contributed by atoms with van der Waals surface area (Å²) in [5.41, 5.74) is 13.0. The van der Waals surface area contributed by atoms with E-state index in [0.717, 1.165) is 4.88 Å². The number of nitrogens with two attached hydrogens (primary N) is 2. The van der Waals surface area contributed by atoms with Crippen LogP contribution in [0.2, 0.25) is 0 Å². The van der Waals surface area contributed by atoms with Crippen LogP contribution in [0.1, 0.15) is 24.6 Å². The van der Waals surface area contributed by atoms with Gasteiger partial charge in [-0.1, -0.05) is 6.07 Å². The van der Waals surface area contributed by atoms with Gasteiger partial charge in [-0.15, -0.1) is 11.3 Å². The van der Waals surface area contributed by atoms with E-state index in [9.17, 15) is 9.59 Å². The maximum Gasteiger partial charge on any atom is 0.247 e. The van der Waals surface area contributed by atoms with E-state index < -0.39 is 17.7 Å².